The summed E-state index contributed by atoms with van der Waals surface area (Å²) in [6.07, 6.45) is 3.87. The summed E-state index contributed by atoms with van der Waals surface area (Å²) in [6, 6.07) is 17.3. The Morgan fingerprint density at radius 1 is 0.949 bits per heavy atom. The Bertz CT molecular complexity index is 1500. The van der Waals surface area contributed by atoms with Gasteiger partial charge in [-0.3, -0.25) is 9.78 Å². The topological polar surface area (TPSA) is 89.5 Å². The standard InChI is InChI=1S/C31H33N5O3/c1-20-13-21(2)19-36(18-20)30-6-3-5-25(35-30)26-9-7-23-16-32-24(15-27(23)34-26)17-33-31(37)22-8-10-28-29(14-22)39-12-4-11-38-28/h3,5-10,14-16,20-21H,4,11-13,17-19H2,1-2H3,(H,33,37)/t20-,21+. The van der Waals surface area contributed by atoms with E-state index in [0.717, 1.165) is 53.3 Å². The van der Waals surface area contributed by atoms with E-state index in [1.165, 1.54) is 6.42 Å². The van der Waals surface area contributed by atoms with Gasteiger partial charge >= 0.3 is 0 Å². The fourth-order valence-corrected chi connectivity index (χ4v) is 5.47. The number of benzene rings is 1. The van der Waals surface area contributed by atoms with Crippen molar-refractivity contribution >= 4 is 22.6 Å². The molecule has 1 aromatic carbocycles. The first-order valence-electron chi connectivity index (χ1n) is 13.7. The number of ether oxygens (including phenoxy) is 2. The van der Waals surface area contributed by atoms with Crippen molar-refractivity contribution in [3.8, 4) is 22.9 Å². The van der Waals surface area contributed by atoms with Gasteiger partial charge in [-0.05, 0) is 66.8 Å². The lowest BCUT2D eigenvalue weighted by Gasteiger charge is -2.35. The summed E-state index contributed by atoms with van der Waals surface area (Å²) < 4.78 is 11.4. The number of carbonyl (C=O) groups is 1. The molecule has 0 spiro atoms. The van der Waals surface area contributed by atoms with Crippen LogP contribution >= 0.6 is 0 Å². The predicted molar refractivity (Wildman–Crippen MR) is 151 cm³/mol. The maximum Gasteiger partial charge on any atom is 0.251 e. The maximum atomic E-state index is 12.8. The van der Waals surface area contributed by atoms with Crippen LogP contribution in [-0.4, -0.2) is 47.2 Å². The number of nitrogens with one attached hydrogen (secondary N) is 1. The average Bonchev–Trinajstić information content (AvgIpc) is 3.20. The van der Waals surface area contributed by atoms with Crippen LogP contribution in [0, 0.1) is 11.8 Å². The molecule has 2 aliphatic heterocycles. The number of rotatable bonds is 5. The molecule has 1 saturated heterocycles. The van der Waals surface area contributed by atoms with Crippen LogP contribution in [0.1, 0.15) is 42.7 Å². The molecule has 6 rings (SSSR count). The highest BCUT2D eigenvalue weighted by Crippen LogP contribution is 2.31. The van der Waals surface area contributed by atoms with E-state index in [1.807, 2.05) is 24.3 Å². The highest BCUT2D eigenvalue weighted by Gasteiger charge is 2.23. The second kappa shape index (κ2) is 10.9. The van der Waals surface area contributed by atoms with Gasteiger partial charge in [0.15, 0.2) is 11.5 Å². The molecule has 1 N–H and O–H groups in total. The summed E-state index contributed by atoms with van der Waals surface area (Å²) in [5.41, 5.74) is 3.73. The van der Waals surface area contributed by atoms with E-state index in [1.54, 1.807) is 24.4 Å². The van der Waals surface area contributed by atoms with Gasteiger partial charge < -0.3 is 19.7 Å². The molecule has 39 heavy (non-hydrogen) atoms. The van der Waals surface area contributed by atoms with E-state index in [4.69, 9.17) is 19.4 Å². The third-order valence-electron chi connectivity index (χ3n) is 7.26. The fraction of sp³-hybridized carbons (Fsp3) is 0.355. The summed E-state index contributed by atoms with van der Waals surface area (Å²) in [5, 5.41) is 3.89. The molecule has 0 bridgehead atoms. The van der Waals surface area contributed by atoms with Gasteiger partial charge in [0.2, 0.25) is 0 Å². The Labute approximate surface area is 228 Å². The molecule has 8 heteroatoms. The number of fused-ring (bicyclic) bond motifs is 2. The summed E-state index contributed by atoms with van der Waals surface area (Å²) >= 11 is 0. The van der Waals surface area contributed by atoms with Gasteiger partial charge in [-0.15, -0.1) is 0 Å². The number of carbonyl (C=O) groups excluding carboxylic acids is 1. The van der Waals surface area contributed by atoms with Gasteiger partial charge in [0.05, 0.1) is 42.4 Å². The normalized spacial score (nSPS) is 19.0. The lowest BCUT2D eigenvalue weighted by atomic mass is 9.92. The van der Waals surface area contributed by atoms with E-state index in [2.05, 4.69) is 41.2 Å². The molecule has 0 aliphatic carbocycles. The molecule has 3 aromatic heterocycles. The predicted octanol–water partition coefficient (Wildman–Crippen LogP) is 5.27. The minimum absolute atomic E-state index is 0.198. The second-order valence-corrected chi connectivity index (χ2v) is 10.7. The van der Waals surface area contributed by atoms with Crippen molar-refractivity contribution in [2.45, 2.75) is 33.2 Å². The number of anilines is 1. The van der Waals surface area contributed by atoms with Gasteiger partial charge in [0, 0.05) is 36.7 Å². The van der Waals surface area contributed by atoms with Crippen molar-refractivity contribution in [2.75, 3.05) is 31.2 Å². The second-order valence-electron chi connectivity index (χ2n) is 10.7. The van der Waals surface area contributed by atoms with E-state index < -0.39 is 0 Å². The first-order valence-corrected chi connectivity index (χ1v) is 13.7. The number of amides is 1. The van der Waals surface area contributed by atoms with Crippen LogP contribution in [0.5, 0.6) is 11.5 Å². The lowest BCUT2D eigenvalue weighted by Crippen LogP contribution is -2.39. The summed E-state index contributed by atoms with van der Waals surface area (Å²) in [5.74, 6) is 3.38. The maximum absolute atomic E-state index is 12.8. The van der Waals surface area contributed by atoms with Crippen molar-refractivity contribution in [2.24, 2.45) is 11.8 Å². The molecule has 2 aliphatic rings. The molecule has 4 aromatic rings. The van der Waals surface area contributed by atoms with Crippen molar-refractivity contribution in [1.82, 2.24) is 20.3 Å². The Balaban J connectivity index is 1.18. The number of hydrogen-bond acceptors (Lipinski definition) is 7. The number of aromatic nitrogens is 3. The SMILES string of the molecule is C[C@@H]1C[C@H](C)CN(c2cccc(-c3ccc4cnc(CNC(=O)c5ccc6c(c5)OCCCO6)cc4n3)n2)C1. The van der Waals surface area contributed by atoms with Gasteiger partial charge in [0.25, 0.3) is 5.91 Å². The van der Waals surface area contributed by atoms with Crippen molar-refractivity contribution in [3.63, 3.8) is 0 Å². The zero-order chi connectivity index (χ0) is 26.8. The van der Waals surface area contributed by atoms with Gasteiger partial charge in [-0.2, -0.15) is 0 Å². The molecule has 0 unspecified atom stereocenters. The molecule has 1 amide bonds. The Hall–Kier alpha value is -4.20. The van der Waals surface area contributed by atoms with E-state index in [-0.39, 0.29) is 12.5 Å². The van der Waals surface area contributed by atoms with Crippen LogP contribution in [0.15, 0.2) is 60.8 Å². The zero-order valence-electron chi connectivity index (χ0n) is 22.4. The van der Waals surface area contributed by atoms with Crippen molar-refractivity contribution < 1.29 is 14.3 Å². The quantitative estimate of drug-likeness (QED) is 0.381. The number of piperidine rings is 1. The van der Waals surface area contributed by atoms with Crippen LogP contribution in [-0.2, 0) is 6.54 Å². The van der Waals surface area contributed by atoms with Crippen molar-refractivity contribution in [1.29, 1.82) is 0 Å². The molecule has 0 radical (unpaired) electrons. The minimum atomic E-state index is -0.198. The average molecular weight is 524 g/mol. The minimum Gasteiger partial charge on any atom is -0.490 e. The van der Waals surface area contributed by atoms with Gasteiger partial charge in [-0.1, -0.05) is 19.9 Å². The first kappa shape index (κ1) is 25.1. The third kappa shape index (κ3) is 5.65. The van der Waals surface area contributed by atoms with Crippen LogP contribution in [0.25, 0.3) is 22.3 Å². The van der Waals surface area contributed by atoms with Crippen LogP contribution in [0.2, 0.25) is 0 Å². The van der Waals surface area contributed by atoms with Gasteiger partial charge in [-0.25, -0.2) is 9.97 Å². The highest BCUT2D eigenvalue weighted by molar-refractivity contribution is 5.95. The molecular weight excluding hydrogens is 490 g/mol. The summed E-state index contributed by atoms with van der Waals surface area (Å²) in [4.78, 5) is 29.6. The smallest absolute Gasteiger partial charge is 0.251 e. The highest BCUT2D eigenvalue weighted by atomic mass is 16.5. The molecule has 2 atom stereocenters. The molecule has 1 fully saturated rings. The Kier molecular flexibility index (Phi) is 7.00. The molecule has 5 heterocycles. The largest absolute Gasteiger partial charge is 0.490 e. The number of pyridine rings is 3. The third-order valence-corrected chi connectivity index (χ3v) is 7.26. The van der Waals surface area contributed by atoms with E-state index in [0.29, 0.717) is 42.1 Å². The molecule has 8 nitrogen and oxygen atoms in total. The van der Waals surface area contributed by atoms with E-state index >= 15 is 0 Å². The van der Waals surface area contributed by atoms with Crippen LogP contribution in [0.3, 0.4) is 0 Å². The number of nitrogens with zero attached hydrogens (tertiary/aromatic N) is 4. The van der Waals surface area contributed by atoms with Crippen LogP contribution in [0.4, 0.5) is 5.82 Å². The Morgan fingerprint density at radius 3 is 2.59 bits per heavy atom. The fourth-order valence-electron chi connectivity index (χ4n) is 5.47. The number of hydrogen-bond donors (Lipinski definition) is 1. The molecular formula is C31H33N5O3. The lowest BCUT2D eigenvalue weighted by molar-refractivity contribution is 0.0950. The van der Waals surface area contributed by atoms with Crippen molar-refractivity contribution in [3.05, 3.63) is 72.1 Å². The zero-order valence-corrected chi connectivity index (χ0v) is 22.4. The monoisotopic (exact) mass is 523 g/mol. The van der Waals surface area contributed by atoms with Crippen LogP contribution < -0.4 is 19.7 Å². The van der Waals surface area contributed by atoms with E-state index in [9.17, 15) is 4.79 Å². The summed E-state index contributed by atoms with van der Waals surface area (Å²) in [6.45, 7) is 8.14. The first-order chi connectivity index (χ1) is 19.0. The molecule has 200 valence electrons. The summed E-state index contributed by atoms with van der Waals surface area (Å²) in [7, 11) is 0. The molecule has 0 saturated carbocycles. The van der Waals surface area contributed by atoms with Gasteiger partial charge in [0.1, 0.15) is 5.82 Å². The Morgan fingerprint density at radius 2 is 1.74 bits per heavy atom.